The molecular formula is C21H22N4O4. The molecule has 1 atom stereocenters. The topological polar surface area (TPSA) is 105 Å². The molecule has 2 aromatic rings. The summed E-state index contributed by atoms with van der Waals surface area (Å²) in [6.07, 6.45) is 2.67. The van der Waals surface area contributed by atoms with Crippen molar-refractivity contribution in [3.8, 4) is 0 Å². The van der Waals surface area contributed by atoms with Gasteiger partial charge in [0, 0.05) is 29.9 Å². The Morgan fingerprint density at radius 1 is 1.21 bits per heavy atom. The van der Waals surface area contributed by atoms with Gasteiger partial charge in [0.25, 0.3) is 11.6 Å². The molecular weight excluding hydrogens is 372 g/mol. The standard InChI is InChI=1S/C21H22N4O4/c1-13(21(27)24-11-10-14-4-2-3-5-18(14)24)22-17-9-6-15(12-19(17)25(28)29)20(26)23-16-7-8-16/h2-6,9,12-13,16,22H,7-8,10-11H2,1H3,(H,23,26). The van der Waals surface area contributed by atoms with Crippen molar-refractivity contribution in [3.05, 3.63) is 63.7 Å². The van der Waals surface area contributed by atoms with Crippen LogP contribution >= 0.6 is 0 Å². The van der Waals surface area contributed by atoms with Gasteiger partial charge in [-0.15, -0.1) is 0 Å². The average Bonchev–Trinajstić information content (AvgIpc) is 3.42. The van der Waals surface area contributed by atoms with E-state index in [9.17, 15) is 19.7 Å². The Hall–Kier alpha value is -3.42. The zero-order valence-corrected chi connectivity index (χ0v) is 16.1. The first-order valence-electron chi connectivity index (χ1n) is 9.69. The van der Waals surface area contributed by atoms with Gasteiger partial charge in [-0.05, 0) is 49.9 Å². The van der Waals surface area contributed by atoms with Crippen molar-refractivity contribution in [2.75, 3.05) is 16.8 Å². The zero-order chi connectivity index (χ0) is 20.5. The molecule has 8 nitrogen and oxygen atoms in total. The first-order valence-corrected chi connectivity index (χ1v) is 9.69. The number of para-hydroxylation sites is 1. The van der Waals surface area contributed by atoms with E-state index in [1.807, 2.05) is 24.3 Å². The van der Waals surface area contributed by atoms with E-state index >= 15 is 0 Å². The van der Waals surface area contributed by atoms with Crippen LogP contribution in [0.4, 0.5) is 17.1 Å². The van der Waals surface area contributed by atoms with Gasteiger partial charge >= 0.3 is 0 Å². The van der Waals surface area contributed by atoms with Crippen molar-refractivity contribution in [1.82, 2.24) is 5.32 Å². The summed E-state index contributed by atoms with van der Waals surface area (Å²) >= 11 is 0. The number of rotatable bonds is 6. The van der Waals surface area contributed by atoms with Crippen LogP contribution < -0.4 is 15.5 Å². The molecule has 0 spiro atoms. The van der Waals surface area contributed by atoms with E-state index in [0.29, 0.717) is 6.54 Å². The molecule has 2 amide bonds. The number of fused-ring (bicyclic) bond motifs is 1. The Bertz CT molecular complexity index is 986. The van der Waals surface area contributed by atoms with E-state index in [0.717, 1.165) is 30.5 Å². The van der Waals surface area contributed by atoms with Gasteiger partial charge in [0.2, 0.25) is 5.91 Å². The van der Waals surface area contributed by atoms with Crippen LogP contribution in [-0.4, -0.2) is 35.4 Å². The lowest BCUT2D eigenvalue weighted by Gasteiger charge is -2.23. The fraction of sp³-hybridized carbons (Fsp3) is 0.333. The number of nitro benzene ring substituents is 1. The van der Waals surface area contributed by atoms with Crippen LogP contribution in [0, 0.1) is 10.1 Å². The summed E-state index contributed by atoms with van der Waals surface area (Å²) in [6.45, 7) is 2.27. The van der Waals surface area contributed by atoms with Crippen LogP contribution in [-0.2, 0) is 11.2 Å². The summed E-state index contributed by atoms with van der Waals surface area (Å²) in [4.78, 5) is 37.8. The maximum Gasteiger partial charge on any atom is 0.293 e. The number of hydrogen-bond donors (Lipinski definition) is 2. The third kappa shape index (κ3) is 3.91. The van der Waals surface area contributed by atoms with Crippen LogP contribution in [0.5, 0.6) is 0 Å². The average molecular weight is 394 g/mol. The van der Waals surface area contributed by atoms with Crippen molar-refractivity contribution < 1.29 is 14.5 Å². The second kappa shape index (κ2) is 7.54. The molecule has 1 unspecified atom stereocenters. The van der Waals surface area contributed by atoms with Gasteiger partial charge < -0.3 is 15.5 Å². The van der Waals surface area contributed by atoms with Crippen LogP contribution in [0.15, 0.2) is 42.5 Å². The molecule has 4 rings (SSSR count). The number of hydrogen-bond acceptors (Lipinski definition) is 5. The number of anilines is 2. The third-order valence-electron chi connectivity index (χ3n) is 5.26. The van der Waals surface area contributed by atoms with Crippen LogP contribution in [0.25, 0.3) is 0 Å². The lowest BCUT2D eigenvalue weighted by atomic mass is 10.1. The van der Waals surface area contributed by atoms with E-state index in [4.69, 9.17) is 0 Å². The first kappa shape index (κ1) is 18.9. The summed E-state index contributed by atoms with van der Waals surface area (Å²) in [5.74, 6) is -0.472. The molecule has 1 saturated carbocycles. The molecule has 2 aromatic carbocycles. The smallest absolute Gasteiger partial charge is 0.293 e. The summed E-state index contributed by atoms with van der Waals surface area (Å²) in [7, 11) is 0. The Morgan fingerprint density at radius 2 is 1.97 bits per heavy atom. The molecule has 1 heterocycles. The third-order valence-corrected chi connectivity index (χ3v) is 5.26. The fourth-order valence-corrected chi connectivity index (χ4v) is 3.54. The minimum Gasteiger partial charge on any atom is -0.368 e. The van der Waals surface area contributed by atoms with E-state index < -0.39 is 11.0 Å². The minimum absolute atomic E-state index is 0.153. The first-order chi connectivity index (χ1) is 13.9. The lowest BCUT2D eigenvalue weighted by molar-refractivity contribution is -0.384. The highest BCUT2D eigenvalue weighted by atomic mass is 16.6. The Labute approximate surface area is 168 Å². The van der Waals surface area contributed by atoms with Gasteiger partial charge in [0.15, 0.2) is 0 Å². The molecule has 29 heavy (non-hydrogen) atoms. The van der Waals surface area contributed by atoms with Crippen LogP contribution in [0.1, 0.15) is 35.7 Å². The predicted molar refractivity (Wildman–Crippen MR) is 109 cm³/mol. The van der Waals surface area contributed by atoms with E-state index in [-0.39, 0.29) is 34.8 Å². The van der Waals surface area contributed by atoms with Crippen LogP contribution in [0.2, 0.25) is 0 Å². The second-order valence-corrected chi connectivity index (χ2v) is 7.47. The number of benzene rings is 2. The summed E-state index contributed by atoms with van der Waals surface area (Å²) in [5.41, 5.74) is 2.22. The second-order valence-electron chi connectivity index (χ2n) is 7.47. The maximum atomic E-state index is 12.9. The van der Waals surface area contributed by atoms with E-state index in [1.165, 1.54) is 18.2 Å². The minimum atomic E-state index is -0.661. The number of nitro groups is 1. The van der Waals surface area contributed by atoms with Gasteiger partial charge in [-0.2, -0.15) is 0 Å². The highest BCUT2D eigenvalue weighted by molar-refractivity contribution is 6.01. The van der Waals surface area contributed by atoms with Gasteiger partial charge in [-0.25, -0.2) is 0 Å². The predicted octanol–water partition coefficient (Wildman–Crippen LogP) is 2.88. The number of carbonyl (C=O) groups excluding carboxylic acids is 2. The molecule has 2 N–H and O–H groups in total. The number of nitrogens with zero attached hydrogens (tertiary/aromatic N) is 2. The van der Waals surface area contributed by atoms with Crippen molar-refractivity contribution in [3.63, 3.8) is 0 Å². The van der Waals surface area contributed by atoms with Crippen LogP contribution in [0.3, 0.4) is 0 Å². The van der Waals surface area contributed by atoms with Crippen molar-refractivity contribution in [2.45, 2.75) is 38.3 Å². The quantitative estimate of drug-likeness (QED) is 0.579. The molecule has 0 aromatic heterocycles. The molecule has 0 radical (unpaired) electrons. The van der Waals surface area contributed by atoms with Gasteiger partial charge in [0.05, 0.1) is 4.92 Å². The van der Waals surface area contributed by atoms with E-state index in [2.05, 4.69) is 10.6 Å². The highest BCUT2D eigenvalue weighted by Gasteiger charge is 2.29. The molecule has 0 bridgehead atoms. The van der Waals surface area contributed by atoms with Crippen molar-refractivity contribution in [1.29, 1.82) is 0 Å². The van der Waals surface area contributed by atoms with Gasteiger partial charge in [-0.3, -0.25) is 19.7 Å². The molecule has 8 heteroatoms. The molecule has 1 fully saturated rings. The molecule has 2 aliphatic rings. The molecule has 150 valence electrons. The Balaban J connectivity index is 1.51. The Kier molecular flexibility index (Phi) is 4.92. The van der Waals surface area contributed by atoms with Gasteiger partial charge in [0.1, 0.15) is 11.7 Å². The SMILES string of the molecule is CC(Nc1ccc(C(=O)NC2CC2)cc1[N+](=O)[O-])C(=O)N1CCc2ccccc21. The number of amides is 2. The number of nitrogens with one attached hydrogen (secondary N) is 2. The zero-order valence-electron chi connectivity index (χ0n) is 16.1. The number of carbonyl (C=O) groups is 2. The molecule has 1 aliphatic carbocycles. The van der Waals surface area contributed by atoms with Crippen molar-refractivity contribution in [2.24, 2.45) is 0 Å². The summed E-state index contributed by atoms with van der Waals surface area (Å²) in [6, 6.07) is 11.5. The largest absolute Gasteiger partial charge is 0.368 e. The highest BCUT2D eigenvalue weighted by Crippen LogP contribution is 2.30. The monoisotopic (exact) mass is 394 g/mol. The maximum absolute atomic E-state index is 12.9. The van der Waals surface area contributed by atoms with Gasteiger partial charge in [-0.1, -0.05) is 18.2 Å². The molecule has 1 aliphatic heterocycles. The lowest BCUT2D eigenvalue weighted by Crippen LogP contribution is -2.40. The van der Waals surface area contributed by atoms with Crippen molar-refractivity contribution >= 4 is 28.9 Å². The summed E-state index contributed by atoms with van der Waals surface area (Å²) in [5, 5.41) is 17.3. The summed E-state index contributed by atoms with van der Waals surface area (Å²) < 4.78 is 0. The normalized spacial score (nSPS) is 16.1. The van der Waals surface area contributed by atoms with E-state index in [1.54, 1.807) is 11.8 Å². The Morgan fingerprint density at radius 3 is 2.69 bits per heavy atom. The molecule has 0 saturated heterocycles. The fourth-order valence-electron chi connectivity index (χ4n) is 3.54.